The summed E-state index contributed by atoms with van der Waals surface area (Å²) >= 11 is 0. The van der Waals surface area contributed by atoms with Crippen molar-refractivity contribution in [3.8, 4) is 5.75 Å². The summed E-state index contributed by atoms with van der Waals surface area (Å²) in [6.07, 6.45) is 0. The summed E-state index contributed by atoms with van der Waals surface area (Å²) in [7, 11) is -2.59. The van der Waals surface area contributed by atoms with Gasteiger partial charge in [-0.05, 0) is 19.1 Å². The molecule has 0 aliphatic rings. The van der Waals surface area contributed by atoms with Crippen LogP contribution in [0, 0.1) is 0 Å². The Labute approximate surface area is 94.1 Å². The van der Waals surface area contributed by atoms with E-state index in [0.717, 1.165) is 0 Å². The quantitative estimate of drug-likeness (QED) is 0.458. The zero-order valence-electron chi connectivity index (χ0n) is 8.50. The number of carbonyl (C=O) groups excluding carboxylic acids is 1. The average Bonchev–Trinajstić information content (AvgIpc) is 2.20. The number of nitrogens with zero attached hydrogens (tertiary/aromatic N) is 1. The molecule has 1 rings (SSSR count). The summed E-state index contributed by atoms with van der Waals surface area (Å²) in [6, 6.07) is 6.07. The third kappa shape index (κ3) is 3.32. The fourth-order valence-electron chi connectivity index (χ4n) is 0.886. The topological polar surface area (TPSA) is 72.8 Å². The van der Waals surface area contributed by atoms with Gasteiger partial charge in [-0.2, -0.15) is 8.42 Å². The van der Waals surface area contributed by atoms with Crippen LogP contribution >= 0.6 is 0 Å². The van der Waals surface area contributed by atoms with Gasteiger partial charge in [0, 0.05) is 5.57 Å². The van der Waals surface area contributed by atoms with Gasteiger partial charge in [0.1, 0.15) is 5.69 Å². The SMILES string of the molecule is C=C(C)C(=O)Oc1ccccc1N=S(=O)=O. The highest BCUT2D eigenvalue weighted by atomic mass is 32.2. The van der Waals surface area contributed by atoms with Crippen molar-refractivity contribution in [3.05, 3.63) is 36.4 Å². The van der Waals surface area contributed by atoms with Crippen molar-refractivity contribution < 1.29 is 17.9 Å². The van der Waals surface area contributed by atoms with Gasteiger partial charge >= 0.3 is 16.5 Å². The van der Waals surface area contributed by atoms with Crippen molar-refractivity contribution in [2.45, 2.75) is 6.92 Å². The minimum Gasteiger partial charge on any atom is -0.421 e. The summed E-state index contributed by atoms with van der Waals surface area (Å²) in [4.78, 5) is 11.2. The fourth-order valence-corrected chi connectivity index (χ4v) is 1.20. The molecule has 0 aromatic heterocycles. The first-order valence-corrected chi connectivity index (χ1v) is 5.31. The molecule has 5 nitrogen and oxygen atoms in total. The summed E-state index contributed by atoms with van der Waals surface area (Å²) < 4.78 is 29.0. The van der Waals surface area contributed by atoms with Crippen molar-refractivity contribution in [2.75, 3.05) is 0 Å². The standard InChI is InChI=1S/C10H9NO4S/c1-7(2)10(12)15-9-6-4-3-5-8(9)11-16(13)14/h3-6H,1H2,2H3. The maximum atomic E-state index is 11.2. The van der Waals surface area contributed by atoms with E-state index in [0.29, 0.717) is 0 Å². The van der Waals surface area contributed by atoms with Gasteiger partial charge in [-0.1, -0.05) is 18.7 Å². The maximum absolute atomic E-state index is 11.2. The molecule has 0 fully saturated rings. The van der Waals surface area contributed by atoms with Crippen LogP contribution < -0.4 is 4.74 Å². The second-order valence-electron chi connectivity index (χ2n) is 2.95. The lowest BCUT2D eigenvalue weighted by molar-refractivity contribution is -0.130. The third-order valence-corrected chi connectivity index (χ3v) is 1.94. The van der Waals surface area contributed by atoms with Gasteiger partial charge in [-0.15, -0.1) is 4.36 Å². The van der Waals surface area contributed by atoms with E-state index in [1.54, 1.807) is 12.1 Å². The Balaban J connectivity index is 3.09. The predicted octanol–water partition coefficient (Wildman–Crippen LogP) is 1.86. The molecule has 0 spiro atoms. The summed E-state index contributed by atoms with van der Waals surface area (Å²) in [6.45, 7) is 4.91. The zero-order chi connectivity index (χ0) is 12.1. The van der Waals surface area contributed by atoms with Gasteiger partial charge in [0.2, 0.25) is 0 Å². The number of rotatable bonds is 3. The van der Waals surface area contributed by atoms with E-state index in [4.69, 9.17) is 4.74 Å². The number of para-hydroxylation sites is 1. The Kier molecular flexibility index (Phi) is 3.96. The van der Waals surface area contributed by atoms with Crippen LogP contribution in [-0.2, 0) is 15.3 Å². The predicted molar refractivity (Wildman–Crippen MR) is 57.9 cm³/mol. The second-order valence-corrected chi connectivity index (χ2v) is 3.56. The van der Waals surface area contributed by atoms with E-state index in [9.17, 15) is 13.2 Å². The average molecular weight is 239 g/mol. The number of benzene rings is 1. The number of carbonyl (C=O) groups is 1. The van der Waals surface area contributed by atoms with Crippen LogP contribution in [0.25, 0.3) is 0 Å². The first kappa shape index (κ1) is 12.1. The molecule has 0 aliphatic heterocycles. The molecule has 0 heterocycles. The molecular weight excluding hydrogens is 230 g/mol. The largest absolute Gasteiger partial charge is 0.421 e. The highest BCUT2D eigenvalue weighted by Crippen LogP contribution is 2.27. The Hall–Kier alpha value is -1.95. The maximum Gasteiger partial charge on any atom is 0.338 e. The summed E-state index contributed by atoms with van der Waals surface area (Å²) in [5.41, 5.74) is 0.295. The molecule has 0 saturated carbocycles. The molecule has 0 bridgehead atoms. The lowest BCUT2D eigenvalue weighted by Gasteiger charge is -2.04. The van der Waals surface area contributed by atoms with E-state index in [2.05, 4.69) is 10.9 Å². The highest BCUT2D eigenvalue weighted by Gasteiger charge is 2.08. The Morgan fingerprint density at radius 2 is 2.00 bits per heavy atom. The molecule has 0 aliphatic carbocycles. The summed E-state index contributed by atoms with van der Waals surface area (Å²) in [5, 5.41) is 0. The van der Waals surface area contributed by atoms with Gasteiger partial charge < -0.3 is 4.74 Å². The molecule has 84 valence electrons. The Morgan fingerprint density at radius 1 is 1.38 bits per heavy atom. The van der Waals surface area contributed by atoms with Gasteiger partial charge in [-0.25, -0.2) is 4.79 Å². The molecule has 0 radical (unpaired) electrons. The first-order chi connectivity index (χ1) is 7.50. The molecular formula is C10H9NO4S. The second kappa shape index (κ2) is 5.22. The highest BCUT2D eigenvalue weighted by molar-refractivity contribution is 7.61. The number of ether oxygens (including phenoxy) is 1. The summed E-state index contributed by atoms with van der Waals surface area (Å²) in [5.74, 6) is -0.543. The van der Waals surface area contributed by atoms with Gasteiger partial charge in [0.25, 0.3) is 0 Å². The minimum absolute atomic E-state index is 0.0745. The normalized spacial score (nSPS) is 9.31. The molecule has 0 N–H and O–H groups in total. The van der Waals surface area contributed by atoms with E-state index in [1.165, 1.54) is 19.1 Å². The van der Waals surface area contributed by atoms with Crippen molar-refractivity contribution >= 4 is 22.2 Å². The molecule has 0 atom stereocenters. The monoisotopic (exact) mass is 239 g/mol. The molecule has 0 saturated heterocycles. The van der Waals surface area contributed by atoms with Gasteiger partial charge in [0.05, 0.1) is 0 Å². The zero-order valence-corrected chi connectivity index (χ0v) is 9.32. The molecule has 0 unspecified atom stereocenters. The Morgan fingerprint density at radius 3 is 2.56 bits per heavy atom. The number of hydrogen-bond acceptors (Lipinski definition) is 5. The van der Waals surface area contributed by atoms with Crippen LogP contribution in [0.2, 0.25) is 0 Å². The molecule has 16 heavy (non-hydrogen) atoms. The molecule has 1 aromatic carbocycles. The van der Waals surface area contributed by atoms with Crippen molar-refractivity contribution in [1.82, 2.24) is 0 Å². The van der Waals surface area contributed by atoms with Crippen LogP contribution in [0.15, 0.2) is 40.8 Å². The fraction of sp³-hybridized carbons (Fsp3) is 0.100. The van der Waals surface area contributed by atoms with Crippen LogP contribution in [0.4, 0.5) is 5.69 Å². The van der Waals surface area contributed by atoms with Crippen LogP contribution in [0.3, 0.4) is 0 Å². The first-order valence-electron chi connectivity index (χ1n) is 4.28. The van der Waals surface area contributed by atoms with Crippen LogP contribution in [0.1, 0.15) is 6.92 Å². The van der Waals surface area contributed by atoms with E-state index < -0.39 is 16.5 Å². The van der Waals surface area contributed by atoms with E-state index >= 15 is 0 Å². The van der Waals surface area contributed by atoms with Crippen LogP contribution in [-0.4, -0.2) is 14.4 Å². The van der Waals surface area contributed by atoms with Gasteiger partial charge in [0.15, 0.2) is 5.75 Å². The van der Waals surface area contributed by atoms with Crippen molar-refractivity contribution in [2.24, 2.45) is 4.36 Å². The van der Waals surface area contributed by atoms with E-state index in [1.807, 2.05) is 0 Å². The molecule has 6 heteroatoms. The van der Waals surface area contributed by atoms with Crippen LogP contribution in [0.5, 0.6) is 5.75 Å². The number of hydrogen-bond donors (Lipinski definition) is 0. The third-order valence-electron chi connectivity index (χ3n) is 1.59. The number of esters is 1. The molecule has 1 aromatic rings. The lowest BCUT2D eigenvalue weighted by Crippen LogP contribution is -2.08. The van der Waals surface area contributed by atoms with Crippen molar-refractivity contribution in [3.63, 3.8) is 0 Å². The van der Waals surface area contributed by atoms with Gasteiger partial charge in [-0.3, -0.25) is 0 Å². The minimum atomic E-state index is -2.59. The van der Waals surface area contributed by atoms with Crippen molar-refractivity contribution in [1.29, 1.82) is 0 Å². The molecule has 0 amide bonds. The lowest BCUT2D eigenvalue weighted by atomic mass is 10.3. The smallest absolute Gasteiger partial charge is 0.338 e. The van der Waals surface area contributed by atoms with E-state index in [-0.39, 0.29) is 17.0 Å². The Bertz CT molecular complexity index is 552.